The van der Waals surface area contributed by atoms with Crippen molar-refractivity contribution in [2.24, 2.45) is 0 Å². The maximum Gasteiger partial charge on any atom is 0.263 e. The van der Waals surface area contributed by atoms with Crippen molar-refractivity contribution in [1.82, 2.24) is 4.98 Å². The summed E-state index contributed by atoms with van der Waals surface area (Å²) < 4.78 is 39.3. The van der Waals surface area contributed by atoms with E-state index >= 15 is 0 Å². The number of sulfonamides is 1. The van der Waals surface area contributed by atoms with Crippen molar-refractivity contribution < 1.29 is 12.8 Å². The first-order chi connectivity index (χ1) is 8.38. The Balaban J connectivity index is 2.33. The molecule has 96 valence electrons. The van der Waals surface area contributed by atoms with Gasteiger partial charge in [0.05, 0.1) is 10.6 Å². The normalized spacial score (nSPS) is 11.4. The number of aryl methyl sites for hydroxylation is 1. The zero-order valence-electron chi connectivity index (χ0n) is 9.34. The molecule has 0 aliphatic carbocycles. The van der Waals surface area contributed by atoms with Crippen LogP contribution in [0.3, 0.4) is 0 Å². The lowest BCUT2D eigenvalue weighted by Gasteiger charge is -2.05. The minimum absolute atomic E-state index is 0.0981. The van der Waals surface area contributed by atoms with E-state index in [-0.39, 0.29) is 15.7 Å². The number of rotatable bonds is 3. The van der Waals surface area contributed by atoms with E-state index in [1.54, 1.807) is 13.1 Å². The van der Waals surface area contributed by atoms with E-state index in [4.69, 9.17) is 5.73 Å². The Hall–Kier alpha value is -1.67. The summed E-state index contributed by atoms with van der Waals surface area (Å²) in [6.45, 7) is 1.80. The fourth-order valence-electron chi connectivity index (χ4n) is 1.25. The molecule has 8 heteroatoms. The first-order valence-electron chi connectivity index (χ1n) is 4.89. The van der Waals surface area contributed by atoms with Crippen molar-refractivity contribution in [1.29, 1.82) is 0 Å². The van der Waals surface area contributed by atoms with Crippen LogP contribution in [-0.2, 0) is 10.0 Å². The summed E-state index contributed by atoms with van der Waals surface area (Å²) in [4.78, 5) is 4.56. The highest BCUT2D eigenvalue weighted by molar-refractivity contribution is 7.93. The summed E-state index contributed by atoms with van der Waals surface area (Å²) in [6, 6.07) is 3.32. The molecule has 1 aromatic carbocycles. The highest BCUT2D eigenvalue weighted by Crippen LogP contribution is 2.22. The average molecular weight is 287 g/mol. The number of nitrogens with two attached hydrogens (primary N) is 1. The summed E-state index contributed by atoms with van der Waals surface area (Å²) in [7, 11) is -3.84. The van der Waals surface area contributed by atoms with Gasteiger partial charge in [-0.25, -0.2) is 17.8 Å². The number of nitrogens with zero attached hydrogens (tertiary/aromatic N) is 1. The minimum atomic E-state index is -3.84. The molecule has 0 aliphatic heterocycles. The monoisotopic (exact) mass is 287 g/mol. The van der Waals surface area contributed by atoms with Gasteiger partial charge < -0.3 is 5.73 Å². The number of anilines is 2. The van der Waals surface area contributed by atoms with Crippen LogP contribution in [0.15, 0.2) is 29.3 Å². The molecule has 0 saturated carbocycles. The van der Waals surface area contributed by atoms with Gasteiger partial charge in [-0.3, -0.25) is 4.72 Å². The van der Waals surface area contributed by atoms with E-state index in [1.807, 2.05) is 0 Å². The summed E-state index contributed by atoms with van der Waals surface area (Å²) >= 11 is 1.20. The molecule has 0 spiro atoms. The Morgan fingerprint density at radius 1 is 1.44 bits per heavy atom. The van der Waals surface area contributed by atoms with Crippen LogP contribution in [0.2, 0.25) is 0 Å². The lowest BCUT2D eigenvalue weighted by Crippen LogP contribution is -2.13. The summed E-state index contributed by atoms with van der Waals surface area (Å²) in [5.41, 5.74) is 5.19. The molecular weight excluding hydrogens is 277 g/mol. The lowest BCUT2D eigenvalue weighted by molar-refractivity contribution is 0.596. The molecule has 5 nitrogen and oxygen atoms in total. The third-order valence-corrected chi connectivity index (χ3v) is 4.42. The first-order valence-corrected chi connectivity index (χ1v) is 7.19. The zero-order valence-corrected chi connectivity index (χ0v) is 11.0. The van der Waals surface area contributed by atoms with E-state index in [1.165, 1.54) is 23.5 Å². The maximum atomic E-state index is 13.2. The number of benzene rings is 1. The molecule has 0 fully saturated rings. The highest BCUT2D eigenvalue weighted by atomic mass is 32.2. The molecule has 1 aromatic heterocycles. The molecule has 0 amide bonds. The Bertz CT molecular complexity index is 682. The zero-order chi connectivity index (χ0) is 13.3. The van der Waals surface area contributed by atoms with Crippen LogP contribution in [0.1, 0.15) is 4.88 Å². The van der Waals surface area contributed by atoms with Crippen molar-refractivity contribution in [2.75, 3.05) is 10.5 Å². The Kier molecular flexibility index (Phi) is 3.22. The summed E-state index contributed by atoms with van der Waals surface area (Å²) in [6.07, 6.45) is 1.55. The lowest BCUT2D eigenvalue weighted by atomic mass is 10.3. The van der Waals surface area contributed by atoms with Gasteiger partial charge in [0.15, 0.2) is 5.13 Å². The molecule has 0 saturated heterocycles. The van der Waals surface area contributed by atoms with Gasteiger partial charge in [0, 0.05) is 11.1 Å². The molecule has 18 heavy (non-hydrogen) atoms. The number of nitrogen functional groups attached to an aromatic ring is 1. The van der Waals surface area contributed by atoms with Crippen LogP contribution < -0.4 is 10.5 Å². The van der Waals surface area contributed by atoms with Gasteiger partial charge in [-0.15, -0.1) is 11.3 Å². The van der Waals surface area contributed by atoms with E-state index in [0.29, 0.717) is 0 Å². The second-order valence-electron chi connectivity index (χ2n) is 3.56. The SMILES string of the molecule is Cc1cnc(NS(=O)(=O)c2ccc(N)c(F)c2)s1. The number of halogens is 1. The van der Waals surface area contributed by atoms with Crippen LogP contribution in [-0.4, -0.2) is 13.4 Å². The molecule has 0 aliphatic rings. The van der Waals surface area contributed by atoms with E-state index in [2.05, 4.69) is 9.71 Å². The Labute approximate surface area is 108 Å². The summed E-state index contributed by atoms with van der Waals surface area (Å²) in [5.74, 6) is -0.770. The van der Waals surface area contributed by atoms with Crippen molar-refractivity contribution >= 4 is 32.2 Å². The fourth-order valence-corrected chi connectivity index (χ4v) is 3.17. The predicted octanol–water partition coefficient (Wildman–Crippen LogP) is 1.97. The predicted molar refractivity (Wildman–Crippen MR) is 68.5 cm³/mol. The molecule has 0 atom stereocenters. The molecule has 3 N–H and O–H groups in total. The fraction of sp³-hybridized carbons (Fsp3) is 0.100. The maximum absolute atomic E-state index is 13.2. The Morgan fingerprint density at radius 3 is 2.72 bits per heavy atom. The number of hydrogen-bond acceptors (Lipinski definition) is 5. The van der Waals surface area contributed by atoms with Gasteiger partial charge in [0.2, 0.25) is 0 Å². The summed E-state index contributed by atoms with van der Waals surface area (Å²) in [5, 5.41) is 0.240. The standard InChI is InChI=1S/C10H10FN3O2S2/c1-6-5-13-10(17-6)14-18(15,16)7-2-3-9(12)8(11)4-7/h2-5H,12H2,1H3,(H,13,14). The van der Waals surface area contributed by atoms with Crippen LogP contribution >= 0.6 is 11.3 Å². The van der Waals surface area contributed by atoms with Crippen LogP contribution in [0.5, 0.6) is 0 Å². The van der Waals surface area contributed by atoms with Gasteiger partial charge in [0.25, 0.3) is 10.0 Å². The molecular formula is C10H10FN3O2S2. The van der Waals surface area contributed by atoms with E-state index < -0.39 is 15.8 Å². The van der Waals surface area contributed by atoms with Crippen molar-refractivity contribution in [3.05, 3.63) is 35.1 Å². The first kappa shape index (κ1) is 12.8. The Morgan fingerprint density at radius 2 is 2.17 bits per heavy atom. The number of nitrogens with one attached hydrogen (secondary N) is 1. The van der Waals surface area contributed by atoms with Crippen LogP contribution in [0.25, 0.3) is 0 Å². The van der Waals surface area contributed by atoms with Gasteiger partial charge in [-0.1, -0.05) is 0 Å². The highest BCUT2D eigenvalue weighted by Gasteiger charge is 2.17. The number of aromatic nitrogens is 1. The molecule has 2 aromatic rings. The minimum Gasteiger partial charge on any atom is -0.396 e. The molecule has 0 bridgehead atoms. The van der Waals surface area contributed by atoms with Gasteiger partial charge in [0.1, 0.15) is 5.82 Å². The second-order valence-corrected chi connectivity index (χ2v) is 6.48. The van der Waals surface area contributed by atoms with Gasteiger partial charge in [-0.05, 0) is 25.1 Å². The van der Waals surface area contributed by atoms with E-state index in [9.17, 15) is 12.8 Å². The van der Waals surface area contributed by atoms with Crippen molar-refractivity contribution in [3.8, 4) is 0 Å². The van der Waals surface area contributed by atoms with E-state index in [0.717, 1.165) is 10.9 Å². The average Bonchev–Trinajstić information content (AvgIpc) is 2.67. The van der Waals surface area contributed by atoms with Gasteiger partial charge >= 0.3 is 0 Å². The quantitative estimate of drug-likeness (QED) is 0.845. The third-order valence-electron chi connectivity index (χ3n) is 2.13. The number of thiazole rings is 1. The van der Waals surface area contributed by atoms with Gasteiger partial charge in [-0.2, -0.15) is 0 Å². The molecule has 0 radical (unpaired) electrons. The topological polar surface area (TPSA) is 85.1 Å². The van der Waals surface area contributed by atoms with Crippen molar-refractivity contribution in [2.45, 2.75) is 11.8 Å². The third kappa shape index (κ3) is 2.59. The van der Waals surface area contributed by atoms with Crippen LogP contribution in [0, 0.1) is 12.7 Å². The van der Waals surface area contributed by atoms with Crippen molar-refractivity contribution in [3.63, 3.8) is 0 Å². The van der Waals surface area contributed by atoms with Crippen LogP contribution in [0.4, 0.5) is 15.2 Å². The largest absolute Gasteiger partial charge is 0.396 e. The molecule has 1 heterocycles. The second kappa shape index (κ2) is 4.54. The molecule has 0 unspecified atom stereocenters. The molecule has 2 rings (SSSR count). The smallest absolute Gasteiger partial charge is 0.263 e. The number of hydrogen-bond donors (Lipinski definition) is 2.